The topological polar surface area (TPSA) is 109 Å². The molecule has 2 atom stereocenters. The van der Waals surface area contributed by atoms with Crippen molar-refractivity contribution in [3.63, 3.8) is 0 Å². The zero-order valence-electron chi connectivity index (χ0n) is 27.8. The lowest BCUT2D eigenvalue weighted by molar-refractivity contribution is -0.127. The second kappa shape index (κ2) is 13.4. The lowest BCUT2D eigenvalue weighted by Gasteiger charge is -2.41. The number of fused-ring (bicyclic) bond motifs is 1. The number of carbonyl (C=O) groups is 1. The number of hydrogen-bond donors (Lipinski definition) is 0. The van der Waals surface area contributed by atoms with Crippen molar-refractivity contribution >= 4 is 33.2 Å². The molecular formula is C36H40ClN5O6S. The van der Waals surface area contributed by atoms with Gasteiger partial charge in [-0.3, -0.25) is 14.6 Å². The summed E-state index contributed by atoms with van der Waals surface area (Å²) in [6.45, 7) is 8.13. The van der Waals surface area contributed by atoms with Gasteiger partial charge in [-0.1, -0.05) is 24.6 Å². The van der Waals surface area contributed by atoms with Gasteiger partial charge < -0.3 is 18.8 Å². The number of amides is 1. The van der Waals surface area contributed by atoms with Gasteiger partial charge in [0.05, 0.1) is 37.0 Å². The molecule has 0 spiro atoms. The summed E-state index contributed by atoms with van der Waals surface area (Å²) in [7, 11) is -1.34. The summed E-state index contributed by atoms with van der Waals surface area (Å²) in [6.07, 6.45) is 4.48. The number of anilines is 1. The predicted molar refractivity (Wildman–Crippen MR) is 185 cm³/mol. The van der Waals surface area contributed by atoms with Crippen molar-refractivity contribution < 1.29 is 27.1 Å². The summed E-state index contributed by atoms with van der Waals surface area (Å²) in [4.78, 5) is 26.9. The van der Waals surface area contributed by atoms with Gasteiger partial charge in [0.2, 0.25) is 5.89 Å². The maximum absolute atomic E-state index is 15.6. The molecule has 2 saturated heterocycles. The zero-order valence-corrected chi connectivity index (χ0v) is 29.4. The molecule has 2 fully saturated rings. The normalized spacial score (nSPS) is 22.1. The number of nitrogens with zero attached hydrogens (tertiary/aromatic N) is 5. The van der Waals surface area contributed by atoms with Crippen molar-refractivity contribution in [2.45, 2.75) is 42.8 Å². The lowest BCUT2D eigenvalue weighted by Crippen LogP contribution is -2.54. The van der Waals surface area contributed by atoms with Crippen LogP contribution in [0.1, 0.15) is 48.4 Å². The van der Waals surface area contributed by atoms with E-state index < -0.39 is 27.5 Å². The Morgan fingerprint density at radius 3 is 2.37 bits per heavy atom. The first kappa shape index (κ1) is 33.6. The number of likely N-dealkylation sites (N-methyl/N-ethyl adjacent to an activating group) is 1. The lowest BCUT2D eigenvalue weighted by atomic mass is 9.80. The molecule has 49 heavy (non-hydrogen) atoms. The number of methoxy groups -OCH3 is 2. The van der Waals surface area contributed by atoms with E-state index in [1.807, 2.05) is 23.1 Å². The summed E-state index contributed by atoms with van der Waals surface area (Å²) in [5.41, 5.74) is 0.551. The zero-order chi connectivity index (χ0) is 34.3. The number of oxazole rings is 1. The molecule has 1 aromatic heterocycles. The highest BCUT2D eigenvalue weighted by Crippen LogP contribution is 2.57. The Hall–Kier alpha value is -3.94. The fourth-order valence-corrected chi connectivity index (χ4v) is 9.24. The minimum absolute atomic E-state index is 0.0454. The van der Waals surface area contributed by atoms with E-state index in [9.17, 15) is 8.42 Å². The highest BCUT2D eigenvalue weighted by atomic mass is 35.5. The van der Waals surface area contributed by atoms with Crippen LogP contribution in [0.2, 0.25) is 5.02 Å². The van der Waals surface area contributed by atoms with E-state index in [4.69, 9.17) is 25.5 Å². The van der Waals surface area contributed by atoms with Gasteiger partial charge in [-0.15, -0.1) is 0 Å². The molecule has 3 aliphatic rings. The van der Waals surface area contributed by atoms with Gasteiger partial charge in [0.15, 0.2) is 5.54 Å². The molecule has 0 N–H and O–H groups in total. The van der Waals surface area contributed by atoms with Crippen LogP contribution in [0.25, 0.3) is 0 Å². The average Bonchev–Trinajstić information content (AvgIpc) is 3.88. The minimum atomic E-state index is -4.41. The molecule has 1 unspecified atom stereocenters. The average molecular weight is 706 g/mol. The highest BCUT2D eigenvalue weighted by molar-refractivity contribution is 7.93. The number of likely N-dealkylation sites (tertiary alicyclic amines) is 1. The molecule has 0 radical (unpaired) electrons. The van der Waals surface area contributed by atoms with E-state index in [2.05, 4.69) is 21.7 Å². The molecule has 3 aromatic carbocycles. The summed E-state index contributed by atoms with van der Waals surface area (Å²) >= 11 is 6.71. The Balaban J connectivity index is 1.44. The van der Waals surface area contributed by atoms with Gasteiger partial charge >= 0.3 is 0 Å². The number of carbonyl (C=O) groups excluding carboxylic acids is 1. The van der Waals surface area contributed by atoms with Crippen molar-refractivity contribution in [1.82, 2.24) is 19.7 Å². The second-order valence-electron chi connectivity index (χ2n) is 12.6. The SMILES string of the molecule is CCN1CCN(Cc2ccc(OC)c(C3(N4CCC[C@H]4c4ncco4)C(=O)N(S(=O)(=O)c4ccc(OC)cc4)c4ccc(Cl)cc43)c2)CC1. The number of benzene rings is 3. The van der Waals surface area contributed by atoms with Crippen molar-refractivity contribution in [2.75, 3.05) is 57.8 Å². The van der Waals surface area contributed by atoms with Gasteiger partial charge in [0.1, 0.15) is 17.8 Å². The molecule has 11 nitrogen and oxygen atoms in total. The molecule has 3 aliphatic heterocycles. The van der Waals surface area contributed by atoms with Gasteiger partial charge in [0, 0.05) is 55.4 Å². The fraction of sp³-hybridized carbons (Fsp3) is 0.389. The third-order valence-electron chi connectivity index (χ3n) is 10.1. The molecule has 4 heterocycles. The van der Waals surface area contributed by atoms with Crippen LogP contribution in [0, 0.1) is 0 Å². The molecular weight excluding hydrogens is 666 g/mol. The summed E-state index contributed by atoms with van der Waals surface area (Å²) in [5.74, 6) is 0.761. The van der Waals surface area contributed by atoms with E-state index in [1.165, 1.54) is 25.5 Å². The number of piperazine rings is 1. The fourth-order valence-electron chi connectivity index (χ4n) is 7.61. The molecule has 0 saturated carbocycles. The van der Waals surface area contributed by atoms with Crippen LogP contribution >= 0.6 is 11.6 Å². The van der Waals surface area contributed by atoms with Crippen LogP contribution in [0.3, 0.4) is 0 Å². The smallest absolute Gasteiger partial charge is 0.271 e. The maximum atomic E-state index is 15.6. The first-order valence-corrected chi connectivity index (χ1v) is 18.4. The first-order valence-electron chi connectivity index (χ1n) is 16.5. The molecule has 13 heteroatoms. The Labute approximate surface area is 292 Å². The third-order valence-corrected chi connectivity index (χ3v) is 12.0. The predicted octanol–water partition coefficient (Wildman–Crippen LogP) is 5.30. The van der Waals surface area contributed by atoms with Crippen LogP contribution in [-0.2, 0) is 26.9 Å². The summed E-state index contributed by atoms with van der Waals surface area (Å²) < 4.78 is 47.3. The summed E-state index contributed by atoms with van der Waals surface area (Å²) in [6, 6.07) is 16.4. The second-order valence-corrected chi connectivity index (χ2v) is 14.8. The maximum Gasteiger partial charge on any atom is 0.271 e. The Morgan fingerprint density at radius 1 is 0.939 bits per heavy atom. The van der Waals surface area contributed by atoms with Crippen LogP contribution in [0.4, 0.5) is 5.69 Å². The quantitative estimate of drug-likeness (QED) is 0.216. The van der Waals surface area contributed by atoms with Gasteiger partial charge in [0.25, 0.3) is 15.9 Å². The van der Waals surface area contributed by atoms with E-state index in [0.29, 0.717) is 53.0 Å². The number of sulfonamides is 1. The van der Waals surface area contributed by atoms with E-state index >= 15 is 4.79 Å². The van der Waals surface area contributed by atoms with Crippen LogP contribution in [0.15, 0.2) is 82.4 Å². The molecule has 0 aliphatic carbocycles. The third kappa shape index (κ3) is 5.69. The van der Waals surface area contributed by atoms with Gasteiger partial charge in [-0.25, -0.2) is 17.7 Å². The highest BCUT2D eigenvalue weighted by Gasteiger charge is 2.62. The Bertz CT molecular complexity index is 1930. The Kier molecular flexibility index (Phi) is 9.18. The molecule has 7 rings (SSSR count). The van der Waals surface area contributed by atoms with Crippen molar-refractivity contribution in [3.8, 4) is 11.5 Å². The number of halogens is 1. The van der Waals surface area contributed by atoms with Crippen molar-refractivity contribution in [3.05, 3.63) is 101 Å². The first-order chi connectivity index (χ1) is 23.7. The van der Waals surface area contributed by atoms with Gasteiger partial charge in [-0.2, -0.15) is 0 Å². The molecule has 258 valence electrons. The van der Waals surface area contributed by atoms with Crippen molar-refractivity contribution in [2.24, 2.45) is 0 Å². The van der Waals surface area contributed by atoms with Gasteiger partial charge in [-0.05, 0) is 79.5 Å². The molecule has 4 aromatic rings. The standard InChI is InChI=1S/C36H40ClN5O6S/c1-4-39-17-19-40(20-18-39)24-25-7-14-33(47-3)30(22-25)36(41-16-5-6-32(41)34-38-15-21-48-34)29-23-26(37)8-13-31(29)42(35(36)43)49(44,45)28-11-9-27(46-2)10-12-28/h7-15,21-23,32H,4-6,16-20,24H2,1-3H3/t32-,36?/m0/s1. The van der Waals surface area contributed by atoms with E-state index in [0.717, 1.165) is 49.0 Å². The minimum Gasteiger partial charge on any atom is -0.497 e. The van der Waals surface area contributed by atoms with E-state index in [1.54, 1.807) is 43.6 Å². The number of hydrogen-bond acceptors (Lipinski definition) is 10. The van der Waals surface area contributed by atoms with E-state index in [-0.39, 0.29) is 10.6 Å². The molecule has 0 bridgehead atoms. The number of ether oxygens (including phenoxy) is 2. The monoisotopic (exact) mass is 705 g/mol. The summed E-state index contributed by atoms with van der Waals surface area (Å²) in [5, 5.41) is 0.371. The number of aromatic nitrogens is 1. The van der Waals surface area contributed by atoms with Crippen LogP contribution in [0.5, 0.6) is 11.5 Å². The van der Waals surface area contributed by atoms with Crippen LogP contribution < -0.4 is 13.8 Å². The molecule has 1 amide bonds. The van der Waals surface area contributed by atoms with Crippen LogP contribution in [-0.4, -0.2) is 87.5 Å². The Morgan fingerprint density at radius 2 is 1.69 bits per heavy atom. The largest absolute Gasteiger partial charge is 0.497 e. The van der Waals surface area contributed by atoms with Crippen molar-refractivity contribution in [1.29, 1.82) is 0 Å². The number of rotatable bonds is 10.